The maximum Gasteiger partial charge on any atom is 0.293 e. The minimum absolute atomic E-state index is 0.129. The van der Waals surface area contributed by atoms with Gasteiger partial charge in [0.25, 0.3) is 11.6 Å². The van der Waals surface area contributed by atoms with Crippen molar-refractivity contribution < 1.29 is 9.72 Å². The molecule has 0 aliphatic heterocycles. The summed E-state index contributed by atoms with van der Waals surface area (Å²) in [6.07, 6.45) is 1.55. The fraction of sp³-hybridized carbons (Fsp3) is 0.167. The molecule has 0 radical (unpaired) electrons. The maximum absolute atomic E-state index is 12.2. The van der Waals surface area contributed by atoms with Crippen LogP contribution in [0.2, 0.25) is 0 Å². The standard InChI is InChI=1S/C12H11IN4O3/c1-7-3-4-9(10(5-7)17(19)20)15-12(18)11-8(13)6-14-16(11)2/h3-6H,1-2H3,(H,15,18). The Morgan fingerprint density at radius 2 is 2.20 bits per heavy atom. The number of nitrogens with zero attached hydrogens (tertiary/aromatic N) is 3. The monoisotopic (exact) mass is 386 g/mol. The highest BCUT2D eigenvalue weighted by molar-refractivity contribution is 14.1. The molecule has 20 heavy (non-hydrogen) atoms. The van der Waals surface area contributed by atoms with Crippen LogP contribution in [0.15, 0.2) is 24.4 Å². The van der Waals surface area contributed by atoms with Crippen LogP contribution in [0.3, 0.4) is 0 Å². The predicted octanol–water partition coefficient (Wildman–Crippen LogP) is 2.49. The van der Waals surface area contributed by atoms with Gasteiger partial charge in [0, 0.05) is 13.1 Å². The summed E-state index contributed by atoms with van der Waals surface area (Å²) in [6, 6.07) is 4.65. The third-order valence-electron chi connectivity index (χ3n) is 2.71. The number of hydrogen-bond acceptors (Lipinski definition) is 4. The van der Waals surface area contributed by atoms with Crippen molar-refractivity contribution in [2.75, 3.05) is 5.32 Å². The number of halogens is 1. The van der Waals surface area contributed by atoms with Crippen LogP contribution in [0, 0.1) is 20.6 Å². The molecule has 0 fully saturated rings. The molecule has 1 aromatic carbocycles. The van der Waals surface area contributed by atoms with Gasteiger partial charge in [0.15, 0.2) is 0 Å². The first-order chi connectivity index (χ1) is 9.40. The van der Waals surface area contributed by atoms with Gasteiger partial charge in [0.2, 0.25) is 0 Å². The zero-order valence-corrected chi connectivity index (χ0v) is 12.9. The van der Waals surface area contributed by atoms with Gasteiger partial charge in [0.05, 0.1) is 14.7 Å². The number of nitro benzene ring substituents is 1. The van der Waals surface area contributed by atoms with E-state index in [-0.39, 0.29) is 11.4 Å². The van der Waals surface area contributed by atoms with Gasteiger partial charge in [-0.3, -0.25) is 19.6 Å². The lowest BCUT2D eigenvalue weighted by Crippen LogP contribution is -2.18. The lowest BCUT2D eigenvalue weighted by atomic mass is 10.2. The first-order valence-electron chi connectivity index (χ1n) is 5.64. The summed E-state index contributed by atoms with van der Waals surface area (Å²) in [5.74, 6) is -0.429. The third-order valence-corrected chi connectivity index (χ3v) is 3.50. The van der Waals surface area contributed by atoms with E-state index in [0.717, 1.165) is 5.56 Å². The second-order valence-corrected chi connectivity index (χ2v) is 5.36. The number of benzene rings is 1. The van der Waals surface area contributed by atoms with E-state index >= 15 is 0 Å². The summed E-state index contributed by atoms with van der Waals surface area (Å²) in [4.78, 5) is 22.7. The number of anilines is 1. The topological polar surface area (TPSA) is 90.1 Å². The number of amides is 1. The molecule has 1 aromatic heterocycles. The van der Waals surface area contributed by atoms with Crippen molar-refractivity contribution in [1.29, 1.82) is 0 Å². The van der Waals surface area contributed by atoms with Crippen molar-refractivity contribution in [3.05, 3.63) is 49.3 Å². The summed E-state index contributed by atoms with van der Waals surface area (Å²) in [7, 11) is 1.64. The fourth-order valence-electron chi connectivity index (χ4n) is 1.75. The maximum atomic E-state index is 12.2. The van der Waals surface area contributed by atoms with Crippen molar-refractivity contribution in [1.82, 2.24) is 9.78 Å². The first-order valence-corrected chi connectivity index (χ1v) is 6.72. The summed E-state index contributed by atoms with van der Waals surface area (Å²) >= 11 is 1.99. The van der Waals surface area contributed by atoms with Gasteiger partial charge < -0.3 is 5.32 Å². The number of carbonyl (C=O) groups excluding carboxylic acids is 1. The highest BCUT2D eigenvalue weighted by atomic mass is 127. The summed E-state index contributed by atoms with van der Waals surface area (Å²) in [6.45, 7) is 1.75. The lowest BCUT2D eigenvalue weighted by Gasteiger charge is -2.07. The Labute approximate surface area is 128 Å². The molecule has 104 valence electrons. The van der Waals surface area contributed by atoms with Gasteiger partial charge >= 0.3 is 0 Å². The number of hydrogen-bond donors (Lipinski definition) is 1. The fourth-order valence-corrected chi connectivity index (χ4v) is 2.46. The smallest absolute Gasteiger partial charge is 0.293 e. The lowest BCUT2D eigenvalue weighted by molar-refractivity contribution is -0.384. The Morgan fingerprint density at radius 1 is 1.50 bits per heavy atom. The van der Waals surface area contributed by atoms with E-state index in [1.54, 1.807) is 26.2 Å². The van der Waals surface area contributed by atoms with Gasteiger partial charge in [-0.2, -0.15) is 5.10 Å². The van der Waals surface area contributed by atoms with Gasteiger partial charge in [-0.05, 0) is 41.1 Å². The molecule has 0 saturated heterocycles. The van der Waals surface area contributed by atoms with Crippen molar-refractivity contribution in [2.45, 2.75) is 6.92 Å². The predicted molar refractivity (Wildman–Crippen MR) is 81.7 cm³/mol. The average molecular weight is 386 g/mol. The highest BCUT2D eigenvalue weighted by Gasteiger charge is 2.20. The minimum Gasteiger partial charge on any atom is -0.315 e. The summed E-state index contributed by atoms with van der Waals surface area (Å²) < 4.78 is 2.11. The molecule has 0 unspecified atom stereocenters. The normalized spacial score (nSPS) is 10.3. The second-order valence-electron chi connectivity index (χ2n) is 4.20. The third kappa shape index (κ3) is 2.79. The molecule has 0 spiro atoms. The Bertz CT molecular complexity index is 677. The molecule has 2 rings (SSSR count). The van der Waals surface area contributed by atoms with Gasteiger partial charge in [0.1, 0.15) is 11.4 Å². The minimum atomic E-state index is -0.517. The van der Waals surface area contributed by atoms with Crippen molar-refractivity contribution >= 4 is 39.9 Å². The van der Waals surface area contributed by atoms with Crippen LogP contribution in [-0.4, -0.2) is 20.6 Å². The highest BCUT2D eigenvalue weighted by Crippen LogP contribution is 2.26. The number of nitro groups is 1. The first kappa shape index (κ1) is 14.4. The van der Waals surface area contributed by atoms with Crippen LogP contribution < -0.4 is 5.32 Å². The number of carbonyl (C=O) groups is 1. The molecule has 1 heterocycles. The number of aryl methyl sites for hydroxylation is 2. The molecule has 1 N–H and O–H groups in total. The van der Waals surface area contributed by atoms with E-state index in [9.17, 15) is 14.9 Å². The molecule has 7 nitrogen and oxygen atoms in total. The quantitative estimate of drug-likeness (QED) is 0.499. The number of nitrogens with one attached hydrogen (secondary N) is 1. The molecule has 0 atom stereocenters. The Morgan fingerprint density at radius 3 is 2.75 bits per heavy atom. The van der Waals surface area contributed by atoms with Gasteiger partial charge in [-0.1, -0.05) is 6.07 Å². The van der Waals surface area contributed by atoms with Crippen LogP contribution in [-0.2, 0) is 7.05 Å². The zero-order valence-electron chi connectivity index (χ0n) is 10.8. The van der Waals surface area contributed by atoms with E-state index in [1.807, 2.05) is 22.6 Å². The summed E-state index contributed by atoms with van der Waals surface area (Å²) in [5, 5.41) is 17.5. The molecule has 0 bridgehead atoms. The molecule has 2 aromatic rings. The molecule has 0 aliphatic rings. The molecule has 8 heteroatoms. The van der Waals surface area contributed by atoms with E-state index in [0.29, 0.717) is 9.26 Å². The molecular weight excluding hydrogens is 375 g/mol. The summed E-state index contributed by atoms with van der Waals surface area (Å²) in [5.41, 5.74) is 1.16. The van der Waals surface area contributed by atoms with E-state index in [2.05, 4.69) is 10.4 Å². The van der Waals surface area contributed by atoms with Crippen LogP contribution in [0.25, 0.3) is 0 Å². The molecular formula is C12H11IN4O3. The van der Waals surface area contributed by atoms with Crippen molar-refractivity contribution in [3.63, 3.8) is 0 Å². The molecule has 1 amide bonds. The van der Waals surface area contributed by atoms with E-state index in [1.165, 1.54) is 16.8 Å². The van der Waals surface area contributed by atoms with Crippen molar-refractivity contribution in [2.24, 2.45) is 7.05 Å². The SMILES string of the molecule is Cc1ccc(NC(=O)c2c(I)cnn2C)c([N+](=O)[O-])c1. The molecule has 0 aliphatic carbocycles. The van der Waals surface area contributed by atoms with Crippen LogP contribution in [0.1, 0.15) is 16.1 Å². The van der Waals surface area contributed by atoms with Crippen molar-refractivity contribution in [3.8, 4) is 0 Å². The largest absolute Gasteiger partial charge is 0.315 e. The Kier molecular flexibility index (Phi) is 4.02. The zero-order chi connectivity index (χ0) is 14.9. The second kappa shape index (κ2) is 5.57. The Balaban J connectivity index is 2.36. The van der Waals surface area contributed by atoms with Gasteiger partial charge in [-0.25, -0.2) is 0 Å². The van der Waals surface area contributed by atoms with Gasteiger partial charge in [-0.15, -0.1) is 0 Å². The van der Waals surface area contributed by atoms with E-state index < -0.39 is 10.8 Å². The van der Waals surface area contributed by atoms with E-state index in [4.69, 9.17) is 0 Å². The number of rotatable bonds is 3. The van der Waals surface area contributed by atoms with Crippen LogP contribution >= 0.6 is 22.6 Å². The average Bonchev–Trinajstić information content (AvgIpc) is 2.71. The number of aromatic nitrogens is 2. The Hall–Kier alpha value is -1.97. The molecule has 0 saturated carbocycles. The van der Waals surface area contributed by atoms with Crippen LogP contribution in [0.4, 0.5) is 11.4 Å². The van der Waals surface area contributed by atoms with Crippen LogP contribution in [0.5, 0.6) is 0 Å².